The van der Waals surface area contributed by atoms with Crippen molar-refractivity contribution in [1.29, 1.82) is 0 Å². The van der Waals surface area contributed by atoms with E-state index in [9.17, 15) is 4.79 Å². The molecule has 1 fully saturated rings. The first-order valence-electron chi connectivity index (χ1n) is 9.72. The zero-order valence-electron chi connectivity index (χ0n) is 15.7. The van der Waals surface area contributed by atoms with Crippen LogP contribution in [0.1, 0.15) is 28.9 Å². The van der Waals surface area contributed by atoms with Crippen LogP contribution in [0, 0.1) is 5.92 Å². The zero-order valence-corrected chi connectivity index (χ0v) is 16.5. The van der Waals surface area contributed by atoms with Crippen LogP contribution in [0.3, 0.4) is 0 Å². The Bertz CT molecular complexity index is 932. The van der Waals surface area contributed by atoms with Gasteiger partial charge in [0, 0.05) is 28.6 Å². The first kappa shape index (κ1) is 18.9. The van der Waals surface area contributed by atoms with Gasteiger partial charge >= 0.3 is 0 Å². The summed E-state index contributed by atoms with van der Waals surface area (Å²) in [5.41, 5.74) is 3.98. The SMILES string of the molecule is O=C(c1ccc(Cl)cc1)C1CCN(Cc2cccc(-c3ccccc3)n2)CC1. The molecule has 28 heavy (non-hydrogen) atoms. The van der Waals surface area contributed by atoms with E-state index in [-0.39, 0.29) is 11.7 Å². The van der Waals surface area contributed by atoms with Crippen LogP contribution < -0.4 is 0 Å². The lowest BCUT2D eigenvalue weighted by Gasteiger charge is -2.31. The molecular weight excluding hydrogens is 368 g/mol. The molecule has 3 nitrogen and oxygen atoms in total. The molecule has 0 atom stereocenters. The Morgan fingerprint density at radius 3 is 2.36 bits per heavy atom. The Balaban J connectivity index is 1.36. The molecule has 2 heterocycles. The number of rotatable bonds is 5. The number of halogens is 1. The van der Waals surface area contributed by atoms with Gasteiger partial charge in [0.2, 0.25) is 0 Å². The van der Waals surface area contributed by atoms with Gasteiger partial charge in [0.15, 0.2) is 5.78 Å². The van der Waals surface area contributed by atoms with Crippen LogP contribution in [0.15, 0.2) is 72.8 Å². The minimum absolute atomic E-state index is 0.0982. The molecular formula is C24H23ClN2O. The summed E-state index contributed by atoms with van der Waals surface area (Å²) in [5.74, 6) is 0.335. The maximum atomic E-state index is 12.7. The lowest BCUT2D eigenvalue weighted by Crippen LogP contribution is -2.36. The largest absolute Gasteiger partial charge is 0.297 e. The summed E-state index contributed by atoms with van der Waals surface area (Å²) < 4.78 is 0. The number of piperidine rings is 1. The van der Waals surface area contributed by atoms with Gasteiger partial charge in [-0.2, -0.15) is 0 Å². The molecule has 0 unspecified atom stereocenters. The Hall–Kier alpha value is -2.49. The summed E-state index contributed by atoms with van der Waals surface area (Å²) in [6, 6.07) is 23.7. The van der Waals surface area contributed by atoms with Gasteiger partial charge in [0.05, 0.1) is 11.4 Å². The maximum Gasteiger partial charge on any atom is 0.166 e. The highest BCUT2D eigenvalue weighted by Crippen LogP contribution is 2.24. The molecule has 1 aromatic heterocycles. The van der Waals surface area contributed by atoms with Crippen molar-refractivity contribution in [2.45, 2.75) is 19.4 Å². The van der Waals surface area contributed by atoms with Gasteiger partial charge in [-0.15, -0.1) is 0 Å². The van der Waals surface area contributed by atoms with Crippen molar-refractivity contribution in [1.82, 2.24) is 9.88 Å². The molecule has 0 amide bonds. The Labute approximate surface area is 171 Å². The molecule has 0 spiro atoms. The van der Waals surface area contributed by atoms with Gasteiger partial charge in [-0.1, -0.05) is 48.0 Å². The molecule has 3 aromatic rings. The number of pyridine rings is 1. The van der Waals surface area contributed by atoms with E-state index in [1.165, 1.54) is 0 Å². The Morgan fingerprint density at radius 2 is 1.64 bits per heavy atom. The summed E-state index contributed by atoms with van der Waals surface area (Å²) in [5, 5.41) is 0.664. The number of benzene rings is 2. The fourth-order valence-corrected chi connectivity index (χ4v) is 3.90. The minimum Gasteiger partial charge on any atom is -0.297 e. The van der Waals surface area contributed by atoms with E-state index in [0.29, 0.717) is 5.02 Å². The summed E-state index contributed by atoms with van der Waals surface area (Å²) in [6.45, 7) is 2.66. The van der Waals surface area contributed by atoms with E-state index < -0.39 is 0 Å². The highest BCUT2D eigenvalue weighted by atomic mass is 35.5. The van der Waals surface area contributed by atoms with Crippen LogP contribution in [-0.4, -0.2) is 28.8 Å². The van der Waals surface area contributed by atoms with Gasteiger partial charge in [0.25, 0.3) is 0 Å². The summed E-state index contributed by atoms with van der Waals surface area (Å²) >= 11 is 5.92. The second kappa shape index (κ2) is 8.68. The number of likely N-dealkylation sites (tertiary alicyclic amines) is 1. The number of ketones is 1. The minimum atomic E-state index is 0.0982. The normalized spacial score (nSPS) is 15.5. The van der Waals surface area contributed by atoms with E-state index in [0.717, 1.165) is 55.0 Å². The first-order valence-corrected chi connectivity index (χ1v) is 10.1. The highest BCUT2D eigenvalue weighted by Gasteiger charge is 2.26. The number of carbonyl (C=O) groups is 1. The van der Waals surface area contributed by atoms with Crippen LogP contribution in [0.5, 0.6) is 0 Å². The number of hydrogen-bond acceptors (Lipinski definition) is 3. The van der Waals surface area contributed by atoms with Gasteiger partial charge in [-0.3, -0.25) is 14.7 Å². The fourth-order valence-electron chi connectivity index (χ4n) is 3.77. The molecule has 0 saturated carbocycles. The molecule has 0 radical (unpaired) electrons. The zero-order chi connectivity index (χ0) is 19.3. The van der Waals surface area contributed by atoms with E-state index in [1.807, 2.05) is 30.3 Å². The maximum absolute atomic E-state index is 12.7. The van der Waals surface area contributed by atoms with E-state index >= 15 is 0 Å². The van der Waals surface area contributed by atoms with Crippen LogP contribution in [0.25, 0.3) is 11.3 Å². The van der Waals surface area contributed by atoms with Crippen LogP contribution in [0.4, 0.5) is 0 Å². The monoisotopic (exact) mass is 390 g/mol. The van der Waals surface area contributed by atoms with E-state index in [4.69, 9.17) is 16.6 Å². The Kier molecular flexibility index (Phi) is 5.84. The van der Waals surface area contributed by atoms with E-state index in [1.54, 1.807) is 12.1 Å². The van der Waals surface area contributed by atoms with Crippen LogP contribution in [-0.2, 0) is 6.54 Å². The molecule has 0 bridgehead atoms. The van der Waals surface area contributed by atoms with Crippen molar-refractivity contribution in [3.8, 4) is 11.3 Å². The lowest BCUT2D eigenvalue weighted by atomic mass is 9.89. The molecule has 1 aliphatic rings. The fraction of sp³-hybridized carbons (Fsp3) is 0.250. The van der Waals surface area contributed by atoms with Crippen molar-refractivity contribution in [2.24, 2.45) is 5.92 Å². The third-order valence-electron chi connectivity index (χ3n) is 5.35. The summed E-state index contributed by atoms with van der Waals surface area (Å²) in [4.78, 5) is 19.9. The molecule has 0 aliphatic carbocycles. The number of aromatic nitrogens is 1. The summed E-state index contributed by atoms with van der Waals surface area (Å²) in [7, 11) is 0. The molecule has 1 saturated heterocycles. The first-order chi connectivity index (χ1) is 13.7. The van der Waals surface area contributed by atoms with Gasteiger partial charge in [-0.05, 0) is 62.3 Å². The summed E-state index contributed by atoms with van der Waals surface area (Å²) in [6.07, 6.45) is 1.78. The molecule has 1 aliphatic heterocycles. The average Bonchev–Trinajstić information content (AvgIpc) is 2.75. The van der Waals surface area contributed by atoms with Gasteiger partial charge < -0.3 is 0 Å². The predicted octanol–water partition coefficient (Wildman–Crippen LogP) is 5.50. The molecule has 4 heteroatoms. The van der Waals surface area contributed by atoms with Crippen molar-refractivity contribution < 1.29 is 4.79 Å². The van der Waals surface area contributed by atoms with Gasteiger partial charge in [-0.25, -0.2) is 0 Å². The van der Waals surface area contributed by atoms with Crippen LogP contribution in [0.2, 0.25) is 5.02 Å². The quantitative estimate of drug-likeness (QED) is 0.539. The van der Waals surface area contributed by atoms with Crippen molar-refractivity contribution >= 4 is 17.4 Å². The van der Waals surface area contributed by atoms with E-state index in [2.05, 4.69) is 35.2 Å². The number of hydrogen-bond donors (Lipinski definition) is 0. The second-order valence-corrected chi connectivity index (χ2v) is 7.74. The molecule has 142 valence electrons. The number of carbonyl (C=O) groups excluding carboxylic acids is 1. The number of nitrogens with zero attached hydrogens (tertiary/aromatic N) is 2. The average molecular weight is 391 g/mol. The van der Waals surface area contributed by atoms with Crippen molar-refractivity contribution in [2.75, 3.05) is 13.1 Å². The highest BCUT2D eigenvalue weighted by molar-refractivity contribution is 6.30. The Morgan fingerprint density at radius 1 is 0.929 bits per heavy atom. The smallest absolute Gasteiger partial charge is 0.166 e. The number of Topliss-reactive ketones (excluding diaryl/α,β-unsaturated/α-hetero) is 1. The molecule has 2 aromatic carbocycles. The third kappa shape index (κ3) is 4.49. The van der Waals surface area contributed by atoms with Gasteiger partial charge in [0.1, 0.15) is 0 Å². The van der Waals surface area contributed by atoms with Crippen LogP contribution >= 0.6 is 11.6 Å². The molecule has 0 N–H and O–H groups in total. The molecule has 4 rings (SSSR count). The third-order valence-corrected chi connectivity index (χ3v) is 5.60. The standard InChI is InChI=1S/C24H23ClN2O/c25-21-11-9-19(10-12-21)24(28)20-13-15-27(16-14-20)17-22-7-4-8-23(26-22)18-5-2-1-3-6-18/h1-12,20H,13-17H2. The predicted molar refractivity (Wildman–Crippen MR) is 113 cm³/mol. The topological polar surface area (TPSA) is 33.2 Å². The second-order valence-electron chi connectivity index (χ2n) is 7.30. The van der Waals surface area contributed by atoms with Crippen molar-refractivity contribution in [3.63, 3.8) is 0 Å². The van der Waals surface area contributed by atoms with Crippen molar-refractivity contribution in [3.05, 3.63) is 89.1 Å². The lowest BCUT2D eigenvalue weighted by molar-refractivity contribution is 0.0834.